The van der Waals surface area contributed by atoms with Gasteiger partial charge in [0.15, 0.2) is 0 Å². The van der Waals surface area contributed by atoms with Crippen LogP contribution in [0.2, 0.25) is 0 Å². The fourth-order valence-electron chi connectivity index (χ4n) is 2.10. The first kappa shape index (κ1) is 13.1. The molecule has 0 aromatic heterocycles. The van der Waals surface area contributed by atoms with Gasteiger partial charge in [0.2, 0.25) is 10.0 Å². The number of hydrogen-bond acceptors (Lipinski definition) is 5. The molecule has 6 nitrogen and oxygen atoms in total. The van der Waals surface area contributed by atoms with Crippen LogP contribution in [0, 0.1) is 0 Å². The number of benzene rings is 1. The standard InChI is InChI=1S/C11H17N3O3S/c12-10-7-9(18(13,16)17)1-2-11(10)14-5-3-8(15)4-6-14/h1-2,7-8,15H,3-6,12H2,(H2,13,16,17). The largest absolute Gasteiger partial charge is 0.397 e. The summed E-state index contributed by atoms with van der Waals surface area (Å²) in [6.45, 7) is 1.42. The Labute approximate surface area is 106 Å². The minimum atomic E-state index is -3.72. The minimum absolute atomic E-state index is 0.0146. The fraction of sp³-hybridized carbons (Fsp3) is 0.455. The van der Waals surface area contributed by atoms with Gasteiger partial charge in [-0.15, -0.1) is 0 Å². The average Bonchev–Trinajstić information content (AvgIpc) is 2.29. The highest BCUT2D eigenvalue weighted by Gasteiger charge is 2.19. The Morgan fingerprint density at radius 2 is 1.89 bits per heavy atom. The van der Waals surface area contributed by atoms with E-state index in [9.17, 15) is 13.5 Å². The number of nitrogens with zero attached hydrogens (tertiary/aromatic N) is 1. The number of aliphatic hydroxyl groups excluding tert-OH is 1. The fourth-order valence-corrected chi connectivity index (χ4v) is 2.65. The number of sulfonamides is 1. The summed E-state index contributed by atoms with van der Waals surface area (Å²) in [5.41, 5.74) is 7.03. The Kier molecular flexibility index (Phi) is 3.47. The summed E-state index contributed by atoms with van der Waals surface area (Å²) in [5, 5.41) is 14.5. The van der Waals surface area contributed by atoms with E-state index in [1.165, 1.54) is 12.1 Å². The lowest BCUT2D eigenvalue weighted by Crippen LogP contribution is -2.36. The smallest absolute Gasteiger partial charge is 0.238 e. The molecule has 100 valence electrons. The van der Waals surface area contributed by atoms with E-state index in [0.717, 1.165) is 5.69 Å². The first-order chi connectivity index (χ1) is 8.38. The van der Waals surface area contributed by atoms with Crippen molar-refractivity contribution in [1.82, 2.24) is 0 Å². The molecule has 5 N–H and O–H groups in total. The first-order valence-electron chi connectivity index (χ1n) is 5.73. The van der Waals surface area contributed by atoms with Gasteiger partial charge in [-0.1, -0.05) is 0 Å². The maximum Gasteiger partial charge on any atom is 0.238 e. The van der Waals surface area contributed by atoms with E-state index >= 15 is 0 Å². The van der Waals surface area contributed by atoms with Gasteiger partial charge >= 0.3 is 0 Å². The van der Waals surface area contributed by atoms with Gasteiger partial charge in [-0.25, -0.2) is 13.6 Å². The molecule has 1 aromatic carbocycles. The molecule has 1 aliphatic rings. The highest BCUT2D eigenvalue weighted by atomic mass is 32.2. The molecule has 0 atom stereocenters. The molecular weight excluding hydrogens is 254 g/mol. The predicted molar refractivity (Wildman–Crippen MR) is 69.7 cm³/mol. The molecule has 1 heterocycles. The molecule has 1 aliphatic heterocycles. The zero-order chi connectivity index (χ0) is 13.3. The SMILES string of the molecule is Nc1cc(S(N)(=O)=O)ccc1N1CCC(O)CC1. The van der Waals surface area contributed by atoms with Gasteiger partial charge in [-0.2, -0.15) is 0 Å². The quantitative estimate of drug-likeness (QED) is 0.649. The molecule has 0 saturated carbocycles. The predicted octanol–water partition coefficient (Wildman–Crippen LogP) is -0.123. The number of rotatable bonds is 2. The Morgan fingerprint density at radius 1 is 1.28 bits per heavy atom. The topological polar surface area (TPSA) is 110 Å². The van der Waals surface area contributed by atoms with Crippen molar-refractivity contribution in [2.45, 2.75) is 23.8 Å². The molecule has 1 saturated heterocycles. The van der Waals surface area contributed by atoms with Crippen molar-refractivity contribution in [1.29, 1.82) is 0 Å². The van der Waals surface area contributed by atoms with Crippen LogP contribution in [0.4, 0.5) is 11.4 Å². The monoisotopic (exact) mass is 271 g/mol. The van der Waals surface area contributed by atoms with Crippen LogP contribution in [0.25, 0.3) is 0 Å². The van der Waals surface area contributed by atoms with Crippen LogP contribution in [0.1, 0.15) is 12.8 Å². The molecule has 1 aromatic rings. The van der Waals surface area contributed by atoms with Crippen LogP contribution in [-0.2, 0) is 10.0 Å². The number of primary sulfonamides is 1. The van der Waals surface area contributed by atoms with Gasteiger partial charge in [-0.3, -0.25) is 0 Å². The van der Waals surface area contributed by atoms with Crippen molar-refractivity contribution in [3.8, 4) is 0 Å². The number of piperidine rings is 1. The first-order valence-corrected chi connectivity index (χ1v) is 7.28. The Hall–Kier alpha value is -1.31. The zero-order valence-corrected chi connectivity index (χ0v) is 10.7. The molecule has 7 heteroatoms. The molecule has 0 spiro atoms. The summed E-state index contributed by atoms with van der Waals surface area (Å²) in [4.78, 5) is 2.05. The number of nitrogens with two attached hydrogens (primary N) is 2. The normalized spacial score (nSPS) is 18.0. The van der Waals surface area contributed by atoms with E-state index in [0.29, 0.717) is 31.6 Å². The Bertz CT molecular complexity index is 536. The van der Waals surface area contributed by atoms with Crippen molar-refractivity contribution in [2.24, 2.45) is 5.14 Å². The van der Waals surface area contributed by atoms with Crippen LogP contribution in [-0.4, -0.2) is 32.7 Å². The van der Waals surface area contributed by atoms with Crippen LogP contribution in [0.15, 0.2) is 23.1 Å². The zero-order valence-electron chi connectivity index (χ0n) is 9.91. The van der Waals surface area contributed by atoms with Crippen LogP contribution in [0.5, 0.6) is 0 Å². The van der Waals surface area contributed by atoms with Crippen LogP contribution in [0.3, 0.4) is 0 Å². The van der Waals surface area contributed by atoms with Gasteiger partial charge in [0.1, 0.15) is 0 Å². The number of hydrogen-bond donors (Lipinski definition) is 3. The summed E-state index contributed by atoms with van der Waals surface area (Å²) in [5.74, 6) is 0. The molecule has 0 aliphatic carbocycles. The molecule has 0 bridgehead atoms. The van der Waals surface area contributed by atoms with E-state index in [1.54, 1.807) is 6.07 Å². The summed E-state index contributed by atoms with van der Waals surface area (Å²) >= 11 is 0. The van der Waals surface area contributed by atoms with Gasteiger partial charge < -0.3 is 15.7 Å². The maximum absolute atomic E-state index is 11.2. The van der Waals surface area contributed by atoms with Gasteiger partial charge in [0.05, 0.1) is 22.4 Å². The molecule has 0 unspecified atom stereocenters. The van der Waals surface area contributed by atoms with E-state index < -0.39 is 10.0 Å². The number of anilines is 2. The van der Waals surface area contributed by atoms with Crippen molar-refractivity contribution in [2.75, 3.05) is 23.7 Å². The molecule has 0 radical (unpaired) electrons. The van der Waals surface area contributed by atoms with Gasteiger partial charge in [0, 0.05) is 13.1 Å². The second-order valence-electron chi connectivity index (χ2n) is 4.48. The summed E-state index contributed by atoms with van der Waals surface area (Å²) < 4.78 is 22.4. The molecule has 2 rings (SSSR count). The molecular formula is C11H17N3O3S. The van der Waals surface area contributed by atoms with Gasteiger partial charge in [0.25, 0.3) is 0 Å². The summed E-state index contributed by atoms with van der Waals surface area (Å²) in [7, 11) is -3.72. The third kappa shape index (κ3) is 2.74. The van der Waals surface area contributed by atoms with Crippen molar-refractivity contribution in [3.63, 3.8) is 0 Å². The highest BCUT2D eigenvalue weighted by molar-refractivity contribution is 7.89. The Morgan fingerprint density at radius 3 is 2.39 bits per heavy atom. The molecule has 0 amide bonds. The lowest BCUT2D eigenvalue weighted by Gasteiger charge is -2.32. The van der Waals surface area contributed by atoms with E-state index in [1.807, 2.05) is 4.90 Å². The Balaban J connectivity index is 2.25. The number of nitrogen functional groups attached to an aromatic ring is 1. The summed E-state index contributed by atoms with van der Waals surface area (Å²) in [6, 6.07) is 4.48. The lowest BCUT2D eigenvalue weighted by atomic mass is 10.1. The molecule has 18 heavy (non-hydrogen) atoms. The van der Waals surface area contributed by atoms with Crippen LogP contribution >= 0.6 is 0 Å². The van der Waals surface area contributed by atoms with E-state index in [4.69, 9.17) is 10.9 Å². The molecule has 1 fully saturated rings. The van der Waals surface area contributed by atoms with E-state index in [-0.39, 0.29) is 11.0 Å². The minimum Gasteiger partial charge on any atom is -0.397 e. The van der Waals surface area contributed by atoms with Crippen LogP contribution < -0.4 is 15.8 Å². The second kappa shape index (κ2) is 4.75. The lowest BCUT2D eigenvalue weighted by molar-refractivity contribution is 0.145. The average molecular weight is 271 g/mol. The second-order valence-corrected chi connectivity index (χ2v) is 6.05. The van der Waals surface area contributed by atoms with Crippen molar-refractivity contribution in [3.05, 3.63) is 18.2 Å². The third-order valence-corrected chi connectivity index (χ3v) is 4.04. The maximum atomic E-state index is 11.2. The summed E-state index contributed by atoms with van der Waals surface area (Å²) in [6.07, 6.45) is 1.12. The third-order valence-electron chi connectivity index (χ3n) is 3.13. The van der Waals surface area contributed by atoms with Crippen molar-refractivity contribution >= 4 is 21.4 Å². The van der Waals surface area contributed by atoms with E-state index in [2.05, 4.69) is 0 Å². The van der Waals surface area contributed by atoms with Gasteiger partial charge in [-0.05, 0) is 31.0 Å². The highest BCUT2D eigenvalue weighted by Crippen LogP contribution is 2.28. The van der Waals surface area contributed by atoms with Crippen molar-refractivity contribution < 1.29 is 13.5 Å². The number of aliphatic hydroxyl groups is 1.